The van der Waals surface area contributed by atoms with Crippen molar-refractivity contribution >= 4 is 5.91 Å². The van der Waals surface area contributed by atoms with Crippen LogP contribution in [0.15, 0.2) is 0 Å². The van der Waals surface area contributed by atoms with Gasteiger partial charge in [-0.1, -0.05) is 6.92 Å². The van der Waals surface area contributed by atoms with Crippen molar-refractivity contribution < 1.29 is 4.79 Å². The predicted octanol–water partition coefficient (Wildman–Crippen LogP) is 0.0159. The molecule has 1 aliphatic heterocycles. The van der Waals surface area contributed by atoms with Crippen molar-refractivity contribution in [1.29, 1.82) is 5.26 Å². The van der Waals surface area contributed by atoms with Gasteiger partial charge in [-0.15, -0.1) is 0 Å². The standard InChI is InChI=1S/C9H15N3O/c1-2-9(3-5-11-7-9)8(13)12-6-4-10/h11H,2-3,5-7H2,1H3,(H,12,13). The first-order valence-corrected chi connectivity index (χ1v) is 4.61. The molecular formula is C9H15N3O. The second-order valence-electron chi connectivity index (χ2n) is 3.40. The van der Waals surface area contributed by atoms with Crippen LogP contribution in [0.2, 0.25) is 0 Å². The van der Waals surface area contributed by atoms with Gasteiger partial charge < -0.3 is 10.6 Å². The Hall–Kier alpha value is -1.08. The summed E-state index contributed by atoms with van der Waals surface area (Å²) in [4.78, 5) is 11.7. The highest BCUT2D eigenvalue weighted by Crippen LogP contribution is 2.29. The molecule has 1 aliphatic rings. The molecule has 1 heterocycles. The highest BCUT2D eigenvalue weighted by molar-refractivity contribution is 5.83. The Balaban J connectivity index is 2.55. The van der Waals surface area contributed by atoms with E-state index in [1.54, 1.807) is 0 Å². The summed E-state index contributed by atoms with van der Waals surface area (Å²) in [5, 5.41) is 14.1. The first kappa shape index (κ1) is 10.0. The SMILES string of the molecule is CCC1(C(=O)NCC#N)CCNC1. The van der Waals surface area contributed by atoms with Crippen molar-refractivity contribution in [1.82, 2.24) is 10.6 Å². The summed E-state index contributed by atoms with van der Waals surface area (Å²) in [6.07, 6.45) is 1.71. The second kappa shape index (κ2) is 4.24. The third kappa shape index (κ3) is 1.99. The zero-order valence-corrected chi connectivity index (χ0v) is 7.89. The Labute approximate surface area is 78.3 Å². The van der Waals surface area contributed by atoms with Crippen LogP contribution < -0.4 is 10.6 Å². The lowest BCUT2D eigenvalue weighted by molar-refractivity contribution is -0.130. The van der Waals surface area contributed by atoms with Gasteiger partial charge in [0, 0.05) is 6.54 Å². The smallest absolute Gasteiger partial charge is 0.228 e. The van der Waals surface area contributed by atoms with Crippen molar-refractivity contribution in [2.24, 2.45) is 5.41 Å². The fourth-order valence-corrected chi connectivity index (χ4v) is 1.71. The van der Waals surface area contributed by atoms with Gasteiger partial charge in [0.1, 0.15) is 6.54 Å². The molecule has 0 spiro atoms. The van der Waals surface area contributed by atoms with Gasteiger partial charge in [-0.25, -0.2) is 0 Å². The van der Waals surface area contributed by atoms with E-state index in [1.807, 2.05) is 13.0 Å². The van der Waals surface area contributed by atoms with E-state index >= 15 is 0 Å². The van der Waals surface area contributed by atoms with Gasteiger partial charge in [0.2, 0.25) is 5.91 Å². The van der Waals surface area contributed by atoms with Crippen LogP contribution in [0, 0.1) is 16.7 Å². The van der Waals surface area contributed by atoms with Gasteiger partial charge >= 0.3 is 0 Å². The molecule has 13 heavy (non-hydrogen) atoms. The Morgan fingerprint density at radius 1 is 1.77 bits per heavy atom. The molecule has 2 N–H and O–H groups in total. The van der Waals surface area contributed by atoms with E-state index in [0.29, 0.717) is 0 Å². The average Bonchev–Trinajstić information content (AvgIpc) is 2.63. The quantitative estimate of drug-likeness (QED) is 0.603. The van der Waals surface area contributed by atoms with Gasteiger partial charge in [0.15, 0.2) is 0 Å². The van der Waals surface area contributed by atoms with Gasteiger partial charge in [-0.05, 0) is 19.4 Å². The van der Waals surface area contributed by atoms with Crippen molar-refractivity contribution in [2.75, 3.05) is 19.6 Å². The topological polar surface area (TPSA) is 64.9 Å². The van der Waals surface area contributed by atoms with Crippen molar-refractivity contribution in [3.63, 3.8) is 0 Å². The lowest BCUT2D eigenvalue weighted by Gasteiger charge is -2.24. The number of nitriles is 1. The summed E-state index contributed by atoms with van der Waals surface area (Å²) in [6, 6.07) is 1.91. The minimum Gasteiger partial charge on any atom is -0.342 e. The maximum absolute atomic E-state index is 11.7. The largest absolute Gasteiger partial charge is 0.342 e. The molecule has 0 saturated carbocycles. The highest BCUT2D eigenvalue weighted by atomic mass is 16.2. The molecule has 1 atom stereocenters. The van der Waals surface area contributed by atoms with E-state index in [1.165, 1.54) is 0 Å². The van der Waals surface area contributed by atoms with E-state index < -0.39 is 0 Å². The van der Waals surface area contributed by atoms with Gasteiger partial charge in [0.25, 0.3) is 0 Å². The summed E-state index contributed by atoms with van der Waals surface area (Å²) in [7, 11) is 0. The minimum absolute atomic E-state index is 0.0153. The van der Waals surface area contributed by atoms with Crippen molar-refractivity contribution in [3.8, 4) is 6.07 Å². The molecule has 1 unspecified atom stereocenters. The van der Waals surface area contributed by atoms with E-state index in [0.717, 1.165) is 25.9 Å². The van der Waals surface area contributed by atoms with Crippen LogP contribution in [0.5, 0.6) is 0 Å². The molecule has 0 aromatic carbocycles. The first-order chi connectivity index (χ1) is 6.25. The highest BCUT2D eigenvalue weighted by Gasteiger charge is 2.38. The van der Waals surface area contributed by atoms with E-state index in [-0.39, 0.29) is 17.9 Å². The number of rotatable bonds is 3. The number of amides is 1. The molecule has 4 heteroatoms. The summed E-state index contributed by atoms with van der Waals surface area (Å²) in [5.74, 6) is 0.0153. The maximum Gasteiger partial charge on any atom is 0.228 e. The molecule has 1 fully saturated rings. The monoisotopic (exact) mass is 181 g/mol. The number of hydrogen-bond acceptors (Lipinski definition) is 3. The van der Waals surface area contributed by atoms with E-state index in [2.05, 4.69) is 10.6 Å². The molecule has 1 rings (SSSR count). The van der Waals surface area contributed by atoms with Gasteiger partial charge in [0.05, 0.1) is 11.5 Å². The summed E-state index contributed by atoms with van der Waals surface area (Å²) >= 11 is 0. The zero-order chi connectivity index (χ0) is 9.73. The molecule has 72 valence electrons. The van der Waals surface area contributed by atoms with Crippen molar-refractivity contribution in [2.45, 2.75) is 19.8 Å². The number of hydrogen-bond donors (Lipinski definition) is 2. The van der Waals surface area contributed by atoms with Crippen molar-refractivity contribution in [3.05, 3.63) is 0 Å². The third-order valence-corrected chi connectivity index (χ3v) is 2.73. The Kier molecular flexibility index (Phi) is 3.26. The number of nitrogens with zero attached hydrogens (tertiary/aromatic N) is 1. The van der Waals surface area contributed by atoms with E-state index in [4.69, 9.17) is 5.26 Å². The summed E-state index contributed by atoms with van der Waals surface area (Å²) < 4.78 is 0. The number of nitrogens with one attached hydrogen (secondary N) is 2. The fourth-order valence-electron chi connectivity index (χ4n) is 1.71. The molecule has 0 bridgehead atoms. The molecule has 0 aromatic heterocycles. The molecule has 0 aliphatic carbocycles. The number of carbonyl (C=O) groups excluding carboxylic acids is 1. The fraction of sp³-hybridized carbons (Fsp3) is 0.778. The lowest BCUT2D eigenvalue weighted by Crippen LogP contribution is -2.42. The van der Waals surface area contributed by atoms with Gasteiger partial charge in [-0.2, -0.15) is 5.26 Å². The van der Waals surface area contributed by atoms with Crippen LogP contribution >= 0.6 is 0 Å². The summed E-state index contributed by atoms with van der Waals surface area (Å²) in [6.45, 7) is 3.76. The Bertz CT molecular complexity index is 226. The van der Waals surface area contributed by atoms with Crippen LogP contribution in [0.3, 0.4) is 0 Å². The normalized spacial score (nSPS) is 26.8. The third-order valence-electron chi connectivity index (χ3n) is 2.73. The molecule has 4 nitrogen and oxygen atoms in total. The maximum atomic E-state index is 11.7. The average molecular weight is 181 g/mol. The molecule has 0 radical (unpaired) electrons. The molecular weight excluding hydrogens is 166 g/mol. The summed E-state index contributed by atoms with van der Waals surface area (Å²) in [5.41, 5.74) is -0.267. The number of carbonyl (C=O) groups is 1. The predicted molar refractivity (Wildman–Crippen MR) is 48.8 cm³/mol. The first-order valence-electron chi connectivity index (χ1n) is 4.61. The van der Waals surface area contributed by atoms with Crippen LogP contribution in [0.4, 0.5) is 0 Å². The minimum atomic E-state index is -0.267. The Morgan fingerprint density at radius 2 is 2.54 bits per heavy atom. The molecule has 1 saturated heterocycles. The van der Waals surface area contributed by atoms with Crippen LogP contribution in [0.25, 0.3) is 0 Å². The Morgan fingerprint density at radius 3 is 3.00 bits per heavy atom. The van der Waals surface area contributed by atoms with Crippen LogP contribution in [-0.4, -0.2) is 25.5 Å². The molecule has 0 aromatic rings. The van der Waals surface area contributed by atoms with E-state index in [9.17, 15) is 4.79 Å². The second-order valence-corrected chi connectivity index (χ2v) is 3.40. The van der Waals surface area contributed by atoms with Gasteiger partial charge in [-0.3, -0.25) is 4.79 Å². The zero-order valence-electron chi connectivity index (χ0n) is 7.89. The lowest BCUT2D eigenvalue weighted by atomic mass is 9.83. The molecule has 1 amide bonds. The van der Waals surface area contributed by atoms with Crippen LogP contribution in [-0.2, 0) is 4.79 Å². The van der Waals surface area contributed by atoms with Crippen LogP contribution in [0.1, 0.15) is 19.8 Å².